The SMILES string of the molecule is CCOC(=O)c1cc(C(C)=O)c(N2CCCC2)cc1C(F)(F)F. The third-order valence-corrected chi connectivity index (χ3v) is 3.76. The number of nitrogens with zero attached hydrogens (tertiary/aromatic N) is 1. The molecule has 1 aromatic carbocycles. The van der Waals surface area contributed by atoms with Gasteiger partial charge in [-0.15, -0.1) is 0 Å². The Balaban J connectivity index is 2.64. The Hall–Kier alpha value is -2.05. The second-order valence-corrected chi connectivity index (χ2v) is 5.38. The Bertz CT molecular complexity index is 620. The van der Waals surface area contributed by atoms with E-state index in [4.69, 9.17) is 4.74 Å². The molecule has 0 unspecified atom stereocenters. The predicted molar refractivity (Wildman–Crippen MR) is 78.9 cm³/mol. The van der Waals surface area contributed by atoms with Gasteiger partial charge < -0.3 is 9.64 Å². The molecule has 2 rings (SSSR count). The molecular weight excluding hydrogens is 311 g/mol. The number of hydrogen-bond donors (Lipinski definition) is 0. The maximum absolute atomic E-state index is 13.3. The van der Waals surface area contributed by atoms with Crippen molar-refractivity contribution >= 4 is 17.4 Å². The maximum Gasteiger partial charge on any atom is 0.417 e. The Morgan fingerprint density at radius 3 is 2.26 bits per heavy atom. The first kappa shape index (κ1) is 17.3. The van der Waals surface area contributed by atoms with Crippen LogP contribution in [0.1, 0.15) is 53.0 Å². The lowest BCUT2D eigenvalue weighted by Crippen LogP contribution is -2.23. The van der Waals surface area contributed by atoms with E-state index in [1.807, 2.05) is 0 Å². The minimum atomic E-state index is -4.70. The summed E-state index contributed by atoms with van der Waals surface area (Å²) in [5.41, 5.74) is -1.34. The summed E-state index contributed by atoms with van der Waals surface area (Å²) in [7, 11) is 0. The van der Waals surface area contributed by atoms with Crippen LogP contribution >= 0.6 is 0 Å². The fraction of sp³-hybridized carbons (Fsp3) is 0.500. The van der Waals surface area contributed by atoms with Crippen LogP contribution in [0.4, 0.5) is 18.9 Å². The monoisotopic (exact) mass is 329 g/mol. The quantitative estimate of drug-likeness (QED) is 0.624. The average molecular weight is 329 g/mol. The zero-order valence-corrected chi connectivity index (χ0v) is 13.0. The molecule has 1 aliphatic heterocycles. The second-order valence-electron chi connectivity index (χ2n) is 5.38. The largest absolute Gasteiger partial charge is 0.462 e. The van der Waals surface area contributed by atoms with Crippen LogP contribution in [0.2, 0.25) is 0 Å². The van der Waals surface area contributed by atoms with Crippen LogP contribution in [0.3, 0.4) is 0 Å². The first-order valence-corrected chi connectivity index (χ1v) is 7.44. The number of ether oxygens (including phenoxy) is 1. The van der Waals surface area contributed by atoms with Crippen molar-refractivity contribution in [1.29, 1.82) is 0 Å². The second kappa shape index (κ2) is 6.60. The molecule has 0 bridgehead atoms. The number of esters is 1. The van der Waals surface area contributed by atoms with Crippen molar-refractivity contribution in [3.8, 4) is 0 Å². The highest BCUT2D eigenvalue weighted by atomic mass is 19.4. The summed E-state index contributed by atoms with van der Waals surface area (Å²) in [6, 6.07) is 1.91. The van der Waals surface area contributed by atoms with Gasteiger partial charge in [0.25, 0.3) is 0 Å². The van der Waals surface area contributed by atoms with E-state index in [-0.39, 0.29) is 23.6 Å². The lowest BCUT2D eigenvalue weighted by Gasteiger charge is -2.23. The summed E-state index contributed by atoms with van der Waals surface area (Å²) in [5, 5.41) is 0. The molecule has 0 atom stereocenters. The first-order valence-electron chi connectivity index (χ1n) is 7.44. The Labute approximate surface area is 132 Å². The zero-order chi connectivity index (χ0) is 17.2. The van der Waals surface area contributed by atoms with Crippen molar-refractivity contribution in [2.24, 2.45) is 0 Å². The van der Waals surface area contributed by atoms with Crippen molar-refractivity contribution in [2.75, 3.05) is 24.6 Å². The minimum Gasteiger partial charge on any atom is -0.462 e. The van der Waals surface area contributed by atoms with E-state index in [1.165, 1.54) is 13.8 Å². The molecule has 1 saturated heterocycles. The number of carbonyl (C=O) groups excluding carboxylic acids is 2. The van der Waals surface area contributed by atoms with Crippen molar-refractivity contribution in [3.63, 3.8) is 0 Å². The van der Waals surface area contributed by atoms with Crippen molar-refractivity contribution in [3.05, 3.63) is 28.8 Å². The minimum absolute atomic E-state index is 0.0423. The highest BCUT2D eigenvalue weighted by Crippen LogP contribution is 2.38. The Morgan fingerprint density at radius 1 is 1.17 bits per heavy atom. The van der Waals surface area contributed by atoms with Crippen LogP contribution < -0.4 is 4.90 Å². The van der Waals surface area contributed by atoms with Gasteiger partial charge in [0.05, 0.1) is 17.7 Å². The van der Waals surface area contributed by atoms with Gasteiger partial charge in [0, 0.05) is 24.3 Å². The molecule has 7 heteroatoms. The van der Waals surface area contributed by atoms with Gasteiger partial charge in [0.1, 0.15) is 0 Å². The summed E-state index contributed by atoms with van der Waals surface area (Å²) in [6.07, 6.45) is -2.98. The number of benzene rings is 1. The van der Waals surface area contributed by atoms with E-state index in [9.17, 15) is 22.8 Å². The standard InChI is InChI=1S/C16H18F3NO3/c1-3-23-15(22)12-8-11(10(2)21)14(20-6-4-5-7-20)9-13(12)16(17,18)19/h8-9H,3-7H2,1-2H3. The highest BCUT2D eigenvalue weighted by Gasteiger charge is 2.38. The van der Waals surface area contributed by atoms with Crippen LogP contribution in [0.25, 0.3) is 0 Å². The van der Waals surface area contributed by atoms with Gasteiger partial charge in [0.15, 0.2) is 5.78 Å². The van der Waals surface area contributed by atoms with Gasteiger partial charge in [0.2, 0.25) is 0 Å². The lowest BCUT2D eigenvalue weighted by atomic mass is 9.98. The molecule has 1 heterocycles. The molecule has 0 aliphatic carbocycles. The van der Waals surface area contributed by atoms with Gasteiger partial charge in [-0.3, -0.25) is 4.79 Å². The summed E-state index contributed by atoms with van der Waals surface area (Å²) >= 11 is 0. The van der Waals surface area contributed by atoms with Crippen molar-refractivity contribution in [1.82, 2.24) is 0 Å². The summed E-state index contributed by atoms with van der Waals surface area (Å²) < 4.78 is 44.7. The smallest absolute Gasteiger partial charge is 0.417 e. The summed E-state index contributed by atoms with van der Waals surface area (Å²) in [4.78, 5) is 25.5. The number of carbonyl (C=O) groups is 2. The van der Waals surface area contributed by atoms with Crippen LogP contribution in [0.5, 0.6) is 0 Å². The van der Waals surface area contributed by atoms with Crippen LogP contribution in [-0.2, 0) is 10.9 Å². The first-order chi connectivity index (χ1) is 10.8. The van der Waals surface area contributed by atoms with E-state index in [0.717, 1.165) is 25.0 Å². The molecule has 0 saturated carbocycles. The fourth-order valence-electron chi connectivity index (χ4n) is 2.70. The molecule has 0 spiro atoms. The van der Waals surface area contributed by atoms with Crippen LogP contribution in [0, 0.1) is 0 Å². The maximum atomic E-state index is 13.3. The molecule has 0 radical (unpaired) electrons. The van der Waals surface area contributed by atoms with E-state index < -0.39 is 23.3 Å². The Kier molecular flexibility index (Phi) is 4.97. The van der Waals surface area contributed by atoms with Crippen molar-refractivity contribution in [2.45, 2.75) is 32.9 Å². The van der Waals surface area contributed by atoms with E-state index in [0.29, 0.717) is 13.1 Å². The van der Waals surface area contributed by atoms with Crippen LogP contribution in [-0.4, -0.2) is 31.4 Å². The van der Waals surface area contributed by atoms with E-state index in [2.05, 4.69) is 0 Å². The van der Waals surface area contributed by atoms with Gasteiger partial charge >= 0.3 is 12.1 Å². The predicted octanol–water partition coefficient (Wildman–Crippen LogP) is 3.68. The number of ketones is 1. The number of alkyl halides is 3. The topological polar surface area (TPSA) is 46.6 Å². The molecule has 0 aromatic heterocycles. The van der Waals surface area contributed by atoms with Gasteiger partial charge in [-0.05, 0) is 38.8 Å². The summed E-state index contributed by atoms with van der Waals surface area (Å²) in [5.74, 6) is -1.46. The highest BCUT2D eigenvalue weighted by molar-refractivity contribution is 6.03. The molecule has 0 amide bonds. The molecule has 0 N–H and O–H groups in total. The molecule has 1 fully saturated rings. The van der Waals surface area contributed by atoms with E-state index in [1.54, 1.807) is 4.90 Å². The normalized spacial score (nSPS) is 14.9. The number of hydrogen-bond acceptors (Lipinski definition) is 4. The molecule has 1 aromatic rings. The molecule has 1 aliphatic rings. The van der Waals surface area contributed by atoms with Gasteiger partial charge in [-0.25, -0.2) is 4.79 Å². The van der Waals surface area contributed by atoms with Crippen molar-refractivity contribution < 1.29 is 27.5 Å². The number of halogens is 3. The van der Waals surface area contributed by atoms with Crippen LogP contribution in [0.15, 0.2) is 12.1 Å². The number of rotatable bonds is 4. The third-order valence-electron chi connectivity index (χ3n) is 3.76. The van der Waals surface area contributed by atoms with E-state index >= 15 is 0 Å². The summed E-state index contributed by atoms with van der Waals surface area (Å²) in [6.45, 7) is 3.93. The Morgan fingerprint density at radius 2 is 1.78 bits per heavy atom. The number of Topliss-reactive ketones (excluding diaryl/α,β-unsaturated/α-hetero) is 1. The van der Waals surface area contributed by atoms with Gasteiger partial charge in [-0.2, -0.15) is 13.2 Å². The average Bonchev–Trinajstić information content (AvgIpc) is 2.99. The molecule has 23 heavy (non-hydrogen) atoms. The number of anilines is 1. The van der Waals surface area contributed by atoms with Gasteiger partial charge in [-0.1, -0.05) is 0 Å². The third kappa shape index (κ3) is 3.65. The lowest BCUT2D eigenvalue weighted by molar-refractivity contribution is -0.138. The zero-order valence-electron chi connectivity index (χ0n) is 13.0. The molecular formula is C16H18F3NO3. The molecule has 4 nitrogen and oxygen atoms in total. The fourth-order valence-corrected chi connectivity index (χ4v) is 2.70. The molecule has 126 valence electrons.